The Bertz CT molecular complexity index is 1190. The quantitative estimate of drug-likeness (QED) is 0.543. The van der Waals surface area contributed by atoms with Crippen LogP contribution in [0.3, 0.4) is 0 Å². The van der Waals surface area contributed by atoms with Gasteiger partial charge in [0.1, 0.15) is 11.1 Å². The van der Waals surface area contributed by atoms with E-state index in [-0.39, 0.29) is 5.91 Å². The van der Waals surface area contributed by atoms with Gasteiger partial charge in [-0.05, 0) is 26.0 Å². The average Bonchev–Trinajstić information content (AvgIpc) is 3.47. The minimum Gasteiger partial charge on any atom is -0.451 e. The number of benzene rings is 1. The summed E-state index contributed by atoms with van der Waals surface area (Å²) in [5.41, 5.74) is 4.16. The minimum atomic E-state index is -0.221. The van der Waals surface area contributed by atoms with Crippen LogP contribution in [0.4, 0.5) is 0 Å². The van der Waals surface area contributed by atoms with E-state index in [1.807, 2.05) is 35.9 Å². The molecular weight excluding hydrogens is 368 g/mol. The van der Waals surface area contributed by atoms with Crippen molar-refractivity contribution in [1.29, 1.82) is 0 Å². The second-order valence-corrected chi connectivity index (χ2v) is 7.33. The summed E-state index contributed by atoms with van der Waals surface area (Å²) in [6.07, 6.45) is 4.42. The molecule has 4 heterocycles. The molecular formula is C21H22N6O2. The Morgan fingerprint density at radius 3 is 3.00 bits per heavy atom. The van der Waals surface area contributed by atoms with E-state index in [0.717, 1.165) is 52.9 Å². The number of nitrogens with zero attached hydrogens (tertiary/aromatic N) is 4. The largest absolute Gasteiger partial charge is 0.451 e. The third kappa shape index (κ3) is 3.15. The lowest BCUT2D eigenvalue weighted by Crippen LogP contribution is -2.27. The van der Waals surface area contributed by atoms with Gasteiger partial charge in [0.2, 0.25) is 0 Å². The Kier molecular flexibility index (Phi) is 4.48. The van der Waals surface area contributed by atoms with Crippen LogP contribution in [0, 0.1) is 6.92 Å². The molecule has 1 saturated heterocycles. The molecule has 1 unspecified atom stereocenters. The molecule has 0 aliphatic carbocycles. The van der Waals surface area contributed by atoms with Gasteiger partial charge in [-0.25, -0.2) is 14.6 Å². The van der Waals surface area contributed by atoms with E-state index >= 15 is 0 Å². The van der Waals surface area contributed by atoms with Crippen LogP contribution in [-0.4, -0.2) is 45.3 Å². The molecule has 8 heteroatoms. The predicted molar refractivity (Wildman–Crippen MR) is 109 cm³/mol. The number of furan rings is 1. The molecule has 4 aromatic rings. The van der Waals surface area contributed by atoms with Crippen molar-refractivity contribution >= 4 is 28.0 Å². The molecule has 148 valence electrons. The first-order valence-corrected chi connectivity index (χ1v) is 9.87. The lowest BCUT2D eigenvalue weighted by Gasteiger charge is -2.06. The van der Waals surface area contributed by atoms with Crippen molar-refractivity contribution in [2.45, 2.75) is 25.8 Å². The maximum absolute atomic E-state index is 12.6. The summed E-state index contributed by atoms with van der Waals surface area (Å²) < 4.78 is 7.58. The highest BCUT2D eigenvalue weighted by molar-refractivity contribution is 5.98. The second-order valence-electron chi connectivity index (χ2n) is 7.33. The van der Waals surface area contributed by atoms with Gasteiger partial charge >= 0.3 is 0 Å². The van der Waals surface area contributed by atoms with Crippen LogP contribution in [0.2, 0.25) is 0 Å². The van der Waals surface area contributed by atoms with Gasteiger partial charge in [0, 0.05) is 42.4 Å². The fourth-order valence-electron chi connectivity index (χ4n) is 3.99. The van der Waals surface area contributed by atoms with Gasteiger partial charge in [-0.15, -0.1) is 0 Å². The number of nitrogens with one attached hydrogen (secondary N) is 2. The van der Waals surface area contributed by atoms with Gasteiger partial charge < -0.3 is 15.1 Å². The van der Waals surface area contributed by atoms with E-state index in [4.69, 9.17) is 9.52 Å². The van der Waals surface area contributed by atoms with Gasteiger partial charge in [0.25, 0.3) is 5.91 Å². The van der Waals surface area contributed by atoms with E-state index in [0.29, 0.717) is 24.8 Å². The number of hydrogen-bond acceptors (Lipinski definition) is 6. The van der Waals surface area contributed by atoms with Crippen LogP contribution in [0.5, 0.6) is 0 Å². The topological polar surface area (TPSA) is 97.9 Å². The molecule has 3 aromatic heterocycles. The van der Waals surface area contributed by atoms with Crippen LogP contribution >= 0.6 is 0 Å². The van der Waals surface area contributed by atoms with Crippen LogP contribution in [0.25, 0.3) is 22.1 Å². The summed E-state index contributed by atoms with van der Waals surface area (Å²) in [5.74, 6) is 0.485. The molecule has 29 heavy (non-hydrogen) atoms. The van der Waals surface area contributed by atoms with Crippen molar-refractivity contribution in [1.82, 2.24) is 30.4 Å². The summed E-state index contributed by atoms with van der Waals surface area (Å²) in [4.78, 5) is 21.6. The maximum Gasteiger partial charge on any atom is 0.287 e. The normalized spacial score (nSPS) is 16.7. The number of carbonyl (C=O) groups excluding carboxylic acids is 1. The Hall–Kier alpha value is -3.26. The molecule has 1 aliphatic heterocycles. The van der Waals surface area contributed by atoms with E-state index in [1.54, 1.807) is 12.4 Å². The van der Waals surface area contributed by atoms with E-state index < -0.39 is 0 Å². The average molecular weight is 390 g/mol. The number of hydrogen-bond donors (Lipinski definition) is 2. The van der Waals surface area contributed by atoms with Gasteiger partial charge in [-0.1, -0.05) is 18.2 Å². The third-order valence-electron chi connectivity index (χ3n) is 5.50. The van der Waals surface area contributed by atoms with E-state index in [1.165, 1.54) is 0 Å². The lowest BCUT2D eigenvalue weighted by molar-refractivity contribution is 0.0925. The molecule has 1 aliphatic rings. The van der Waals surface area contributed by atoms with E-state index in [2.05, 4.69) is 20.6 Å². The third-order valence-corrected chi connectivity index (χ3v) is 5.50. The van der Waals surface area contributed by atoms with Gasteiger partial charge in [-0.3, -0.25) is 4.79 Å². The van der Waals surface area contributed by atoms with Crippen LogP contribution in [0.15, 0.2) is 41.1 Å². The molecule has 2 N–H and O–H groups in total. The Morgan fingerprint density at radius 2 is 2.17 bits per heavy atom. The number of carbonyl (C=O) groups is 1. The molecule has 0 spiro atoms. The van der Waals surface area contributed by atoms with Crippen molar-refractivity contribution < 1.29 is 9.21 Å². The lowest BCUT2D eigenvalue weighted by atomic mass is 10.0. The molecule has 0 bridgehead atoms. The molecule has 1 amide bonds. The Morgan fingerprint density at radius 1 is 1.31 bits per heavy atom. The first-order chi connectivity index (χ1) is 14.2. The molecule has 1 fully saturated rings. The Balaban J connectivity index is 1.33. The molecule has 1 aromatic carbocycles. The number of amides is 1. The fraction of sp³-hybridized carbons (Fsp3) is 0.333. The van der Waals surface area contributed by atoms with Gasteiger partial charge in [-0.2, -0.15) is 5.10 Å². The molecule has 1 atom stereocenters. The van der Waals surface area contributed by atoms with Crippen LogP contribution < -0.4 is 10.6 Å². The zero-order chi connectivity index (χ0) is 19.8. The van der Waals surface area contributed by atoms with Crippen molar-refractivity contribution in [3.8, 4) is 0 Å². The van der Waals surface area contributed by atoms with Crippen LogP contribution in [0.1, 0.15) is 34.2 Å². The van der Waals surface area contributed by atoms with Crippen molar-refractivity contribution in [2.75, 3.05) is 19.6 Å². The first kappa shape index (κ1) is 17.8. The summed E-state index contributed by atoms with van der Waals surface area (Å²) >= 11 is 0. The highest BCUT2D eigenvalue weighted by Crippen LogP contribution is 2.27. The van der Waals surface area contributed by atoms with Crippen molar-refractivity contribution in [2.24, 2.45) is 0 Å². The fourth-order valence-corrected chi connectivity index (χ4v) is 3.99. The van der Waals surface area contributed by atoms with Gasteiger partial charge in [0.15, 0.2) is 11.4 Å². The highest BCUT2D eigenvalue weighted by atomic mass is 16.3. The zero-order valence-corrected chi connectivity index (χ0v) is 16.2. The van der Waals surface area contributed by atoms with Crippen molar-refractivity contribution in [3.63, 3.8) is 0 Å². The highest BCUT2D eigenvalue weighted by Gasteiger charge is 2.24. The molecule has 0 radical (unpaired) electrons. The predicted octanol–water partition coefficient (Wildman–Crippen LogP) is 2.39. The number of para-hydroxylation sites is 1. The number of fused-ring (bicyclic) bond motifs is 2. The number of aromatic nitrogens is 4. The summed E-state index contributed by atoms with van der Waals surface area (Å²) in [5, 5.41) is 12.0. The summed E-state index contributed by atoms with van der Waals surface area (Å²) in [7, 11) is 0. The standard InChI is InChI=1S/C21H22N6O2/c1-13-15-4-2-3-5-16(15)29-19(13)21(28)25-10-11-27-20-18(23-8-9-24-20)17(26-27)14-6-7-22-12-14/h2-5,8-9,14,22H,6-7,10-12H2,1H3,(H,25,28). The smallest absolute Gasteiger partial charge is 0.287 e. The Labute approximate surface area is 167 Å². The SMILES string of the molecule is Cc1c(C(=O)NCCn2nc(C3CCNC3)c3nccnc32)oc2ccccc12. The summed E-state index contributed by atoms with van der Waals surface area (Å²) in [6, 6.07) is 7.66. The van der Waals surface area contributed by atoms with Crippen LogP contribution in [-0.2, 0) is 6.54 Å². The van der Waals surface area contributed by atoms with E-state index in [9.17, 15) is 4.79 Å². The second kappa shape index (κ2) is 7.29. The molecule has 8 nitrogen and oxygen atoms in total. The minimum absolute atomic E-state index is 0.221. The monoisotopic (exact) mass is 390 g/mol. The summed E-state index contributed by atoms with van der Waals surface area (Å²) in [6.45, 7) is 4.74. The molecule has 0 saturated carbocycles. The number of rotatable bonds is 5. The maximum atomic E-state index is 12.6. The van der Waals surface area contributed by atoms with Gasteiger partial charge in [0.05, 0.1) is 12.2 Å². The molecule has 5 rings (SSSR count). The zero-order valence-electron chi connectivity index (χ0n) is 16.2. The number of aryl methyl sites for hydroxylation is 1. The first-order valence-electron chi connectivity index (χ1n) is 9.87. The van der Waals surface area contributed by atoms with Crippen molar-refractivity contribution in [3.05, 3.63) is 53.7 Å².